The maximum Gasteiger partial charge on any atom is 0.354 e. The lowest BCUT2D eigenvalue weighted by Gasteiger charge is -2.19. The number of carbonyl (C=O) groups excluding carboxylic acids is 1. The summed E-state index contributed by atoms with van der Waals surface area (Å²) in [6.07, 6.45) is 1.92. The minimum absolute atomic E-state index is 0.0342. The highest BCUT2D eigenvalue weighted by Gasteiger charge is 2.44. The molecule has 1 aromatic heterocycles. The van der Waals surface area contributed by atoms with Crippen molar-refractivity contribution in [3.05, 3.63) is 79.6 Å². The number of nitrogens with one attached hydrogen (secondary N) is 1. The Morgan fingerprint density at radius 3 is 2.42 bits per heavy atom. The van der Waals surface area contributed by atoms with Gasteiger partial charge in [-0.15, -0.1) is 0 Å². The lowest BCUT2D eigenvalue weighted by molar-refractivity contribution is -0.118. The predicted molar refractivity (Wildman–Crippen MR) is 141 cm³/mol. The number of hydrogen-bond acceptors (Lipinski definition) is 6. The SMILES string of the molecule is CC(=O)CC1(Cn2c(=O)nc(Nc3ccc(OC(C)C)c(Cl)c3)n(Cc3ccc(C)cc3)c2=O)CC1. The summed E-state index contributed by atoms with van der Waals surface area (Å²) in [5.74, 6) is 0.707. The van der Waals surface area contributed by atoms with Crippen LogP contribution in [0.15, 0.2) is 52.1 Å². The van der Waals surface area contributed by atoms with E-state index in [4.69, 9.17) is 16.3 Å². The molecule has 36 heavy (non-hydrogen) atoms. The van der Waals surface area contributed by atoms with Crippen molar-refractivity contribution in [2.45, 2.75) is 66.2 Å². The van der Waals surface area contributed by atoms with Gasteiger partial charge in [-0.1, -0.05) is 41.4 Å². The van der Waals surface area contributed by atoms with Crippen LogP contribution in [0, 0.1) is 12.3 Å². The van der Waals surface area contributed by atoms with Gasteiger partial charge in [0.25, 0.3) is 0 Å². The van der Waals surface area contributed by atoms with E-state index in [1.54, 1.807) is 18.2 Å². The van der Waals surface area contributed by atoms with E-state index < -0.39 is 11.4 Å². The van der Waals surface area contributed by atoms with Crippen LogP contribution in [-0.4, -0.2) is 26.0 Å². The molecule has 1 aliphatic carbocycles. The number of rotatable bonds is 10. The second kappa shape index (κ2) is 10.3. The Hall–Kier alpha value is -3.39. The number of Topliss-reactive ketones (excluding diaryl/α,β-unsaturated/α-hetero) is 1. The van der Waals surface area contributed by atoms with Crippen molar-refractivity contribution in [3.8, 4) is 5.75 Å². The van der Waals surface area contributed by atoms with Crippen LogP contribution in [0.5, 0.6) is 5.75 Å². The summed E-state index contributed by atoms with van der Waals surface area (Å²) in [5.41, 5.74) is 1.09. The fourth-order valence-corrected chi connectivity index (χ4v) is 4.49. The van der Waals surface area contributed by atoms with Gasteiger partial charge in [0.05, 0.1) is 17.7 Å². The molecule has 190 valence electrons. The largest absolute Gasteiger partial charge is 0.489 e. The topological polar surface area (TPSA) is 95.2 Å². The first kappa shape index (κ1) is 25.7. The van der Waals surface area contributed by atoms with E-state index in [1.807, 2.05) is 45.0 Å². The maximum atomic E-state index is 13.6. The van der Waals surface area contributed by atoms with Crippen molar-refractivity contribution >= 4 is 29.0 Å². The minimum Gasteiger partial charge on any atom is -0.489 e. The zero-order valence-corrected chi connectivity index (χ0v) is 21.8. The van der Waals surface area contributed by atoms with Crippen LogP contribution >= 0.6 is 11.6 Å². The summed E-state index contributed by atoms with van der Waals surface area (Å²) in [4.78, 5) is 42.6. The summed E-state index contributed by atoms with van der Waals surface area (Å²) in [6, 6.07) is 13.0. The molecule has 2 aromatic carbocycles. The van der Waals surface area contributed by atoms with Crippen LogP contribution in [0.25, 0.3) is 0 Å². The molecule has 0 bridgehead atoms. The van der Waals surface area contributed by atoms with Gasteiger partial charge in [0.1, 0.15) is 11.5 Å². The van der Waals surface area contributed by atoms with Gasteiger partial charge in [-0.2, -0.15) is 4.98 Å². The van der Waals surface area contributed by atoms with E-state index in [0.717, 1.165) is 28.5 Å². The normalized spacial score (nSPS) is 14.1. The van der Waals surface area contributed by atoms with Gasteiger partial charge in [0.2, 0.25) is 5.95 Å². The molecule has 9 heteroatoms. The summed E-state index contributed by atoms with van der Waals surface area (Å²) in [6.45, 7) is 7.74. The molecule has 8 nitrogen and oxygen atoms in total. The molecular formula is C27H31ClN4O4. The van der Waals surface area contributed by atoms with Crippen molar-refractivity contribution in [2.24, 2.45) is 5.41 Å². The quantitative estimate of drug-likeness (QED) is 0.424. The summed E-state index contributed by atoms with van der Waals surface area (Å²) < 4.78 is 8.29. The second-order valence-corrected chi connectivity index (χ2v) is 10.4. The number of carbonyl (C=O) groups is 1. The van der Waals surface area contributed by atoms with Crippen LogP contribution in [0.3, 0.4) is 0 Å². The smallest absolute Gasteiger partial charge is 0.354 e. The third kappa shape index (κ3) is 6.05. The standard InChI is InChI=1S/C27H31ClN4O4/c1-17(2)36-23-10-9-21(13-22(23)28)29-24-30-25(34)32(16-27(11-12-27)14-19(4)33)26(35)31(24)15-20-7-5-18(3)6-8-20/h5-10,13,17H,11-12,14-16H2,1-4H3,(H,29,30,34). The van der Waals surface area contributed by atoms with Gasteiger partial charge in [0, 0.05) is 18.7 Å². The Bertz CT molecular complexity index is 1390. The monoisotopic (exact) mass is 510 g/mol. The Morgan fingerprint density at radius 1 is 1.14 bits per heavy atom. The zero-order valence-electron chi connectivity index (χ0n) is 21.0. The minimum atomic E-state index is -0.650. The van der Waals surface area contributed by atoms with Gasteiger partial charge < -0.3 is 14.8 Å². The molecule has 0 saturated heterocycles. The fourth-order valence-electron chi connectivity index (χ4n) is 4.27. The van der Waals surface area contributed by atoms with Gasteiger partial charge in [-0.05, 0) is 69.7 Å². The molecule has 0 atom stereocenters. The first-order valence-corrected chi connectivity index (χ1v) is 12.4. The second-order valence-electron chi connectivity index (χ2n) is 9.97. The number of aryl methyl sites for hydroxylation is 1. The first-order valence-electron chi connectivity index (χ1n) is 12.1. The summed E-state index contributed by atoms with van der Waals surface area (Å²) in [7, 11) is 0. The highest BCUT2D eigenvalue weighted by atomic mass is 35.5. The first-order chi connectivity index (χ1) is 17.0. The fraction of sp³-hybridized carbons (Fsp3) is 0.407. The third-order valence-electron chi connectivity index (χ3n) is 6.24. The lowest BCUT2D eigenvalue weighted by atomic mass is 10.00. The average Bonchev–Trinajstić information content (AvgIpc) is 3.55. The summed E-state index contributed by atoms with van der Waals surface area (Å²) >= 11 is 6.39. The Morgan fingerprint density at radius 2 is 1.83 bits per heavy atom. The predicted octanol–water partition coefficient (Wildman–Crippen LogP) is 4.71. The van der Waals surface area contributed by atoms with E-state index >= 15 is 0 Å². The lowest BCUT2D eigenvalue weighted by Crippen LogP contribution is -2.44. The van der Waals surface area contributed by atoms with Gasteiger partial charge in [-0.3, -0.25) is 4.57 Å². The Balaban J connectivity index is 1.73. The van der Waals surface area contributed by atoms with Crippen LogP contribution in [0.2, 0.25) is 5.02 Å². The molecule has 1 aliphatic rings. The number of ketones is 1. The molecule has 4 rings (SSSR count). The molecule has 1 heterocycles. The van der Waals surface area contributed by atoms with E-state index in [9.17, 15) is 14.4 Å². The van der Waals surface area contributed by atoms with Crippen LogP contribution < -0.4 is 21.4 Å². The molecule has 1 fully saturated rings. The number of aromatic nitrogens is 3. The molecule has 0 radical (unpaired) electrons. The van der Waals surface area contributed by atoms with Crippen LogP contribution in [0.1, 0.15) is 51.2 Å². The number of benzene rings is 2. The van der Waals surface area contributed by atoms with E-state index in [-0.39, 0.29) is 36.3 Å². The van der Waals surface area contributed by atoms with Crippen molar-refractivity contribution in [3.63, 3.8) is 0 Å². The molecule has 0 amide bonds. The molecule has 3 aromatic rings. The maximum absolute atomic E-state index is 13.6. The number of anilines is 2. The van der Waals surface area contributed by atoms with Crippen molar-refractivity contribution in [1.29, 1.82) is 0 Å². The zero-order chi connectivity index (χ0) is 26.0. The Kier molecular flexibility index (Phi) is 7.36. The molecule has 0 spiro atoms. The van der Waals surface area contributed by atoms with Gasteiger partial charge in [-0.25, -0.2) is 14.2 Å². The number of hydrogen-bond donors (Lipinski definition) is 1. The van der Waals surface area contributed by atoms with Crippen molar-refractivity contribution < 1.29 is 9.53 Å². The molecule has 1 saturated carbocycles. The van der Waals surface area contributed by atoms with Crippen molar-refractivity contribution in [1.82, 2.24) is 14.1 Å². The molecule has 0 aliphatic heterocycles. The average molecular weight is 511 g/mol. The highest BCUT2D eigenvalue weighted by Crippen LogP contribution is 2.49. The number of halogens is 1. The number of nitrogens with zero attached hydrogens (tertiary/aromatic N) is 3. The molecule has 0 unspecified atom stereocenters. The molecule has 1 N–H and O–H groups in total. The van der Waals surface area contributed by atoms with Crippen LogP contribution in [-0.2, 0) is 17.9 Å². The van der Waals surface area contributed by atoms with Gasteiger partial charge in [0.15, 0.2) is 0 Å². The Labute approximate surface area is 214 Å². The summed E-state index contributed by atoms with van der Waals surface area (Å²) in [5, 5.41) is 3.49. The van der Waals surface area contributed by atoms with Crippen LogP contribution in [0.4, 0.5) is 11.6 Å². The van der Waals surface area contributed by atoms with Gasteiger partial charge >= 0.3 is 11.4 Å². The number of ether oxygens (including phenoxy) is 1. The van der Waals surface area contributed by atoms with E-state index in [2.05, 4.69) is 10.3 Å². The highest BCUT2D eigenvalue weighted by molar-refractivity contribution is 6.32. The van der Waals surface area contributed by atoms with Crippen molar-refractivity contribution in [2.75, 3.05) is 5.32 Å². The van der Waals surface area contributed by atoms with E-state index in [1.165, 1.54) is 11.5 Å². The molecular weight excluding hydrogens is 480 g/mol. The third-order valence-corrected chi connectivity index (χ3v) is 6.53. The van der Waals surface area contributed by atoms with E-state index in [0.29, 0.717) is 22.9 Å².